The van der Waals surface area contributed by atoms with Gasteiger partial charge in [-0.2, -0.15) is 0 Å². The van der Waals surface area contributed by atoms with E-state index in [1.165, 1.54) is 44.8 Å². The lowest BCUT2D eigenvalue weighted by Crippen LogP contribution is -2.29. The van der Waals surface area contributed by atoms with E-state index in [2.05, 4.69) is 138 Å². The molecule has 2 aliphatic carbocycles. The smallest absolute Gasteiger partial charge is 0.0481 e. The third kappa shape index (κ3) is 4.59. The highest BCUT2D eigenvalue weighted by Crippen LogP contribution is 2.56. The van der Waals surface area contributed by atoms with E-state index in [0.29, 0.717) is 5.92 Å². The van der Waals surface area contributed by atoms with Crippen molar-refractivity contribution in [2.45, 2.75) is 38.1 Å². The predicted octanol–water partition coefficient (Wildman–Crippen LogP) is 9.55. The monoisotopic (exact) mass is 503 g/mol. The van der Waals surface area contributed by atoms with Crippen molar-refractivity contribution < 1.29 is 0 Å². The number of hydrogen-bond donors (Lipinski definition) is 0. The average molecular weight is 504 g/mol. The fraction of sp³-hybridized carbons (Fsp3) is 0.158. The first kappa shape index (κ1) is 23.7. The van der Waals surface area contributed by atoms with Crippen LogP contribution < -0.4 is 0 Å². The highest BCUT2D eigenvalue weighted by atomic mass is 15.2. The predicted molar refractivity (Wildman–Crippen MR) is 163 cm³/mol. The van der Waals surface area contributed by atoms with Crippen LogP contribution in [-0.2, 0) is 6.54 Å². The van der Waals surface area contributed by atoms with Gasteiger partial charge < -0.3 is 4.90 Å². The van der Waals surface area contributed by atoms with Crippen LogP contribution in [0.2, 0.25) is 0 Å². The van der Waals surface area contributed by atoms with Crippen molar-refractivity contribution in [3.8, 4) is 0 Å². The maximum absolute atomic E-state index is 2.68. The van der Waals surface area contributed by atoms with E-state index in [4.69, 9.17) is 0 Å². The van der Waals surface area contributed by atoms with Gasteiger partial charge in [0.05, 0.1) is 0 Å². The van der Waals surface area contributed by atoms with Crippen LogP contribution in [0.5, 0.6) is 0 Å². The third-order valence-corrected chi connectivity index (χ3v) is 8.38. The molecule has 4 aromatic rings. The quantitative estimate of drug-likeness (QED) is 0.262. The van der Waals surface area contributed by atoms with Crippen molar-refractivity contribution in [3.05, 3.63) is 177 Å². The summed E-state index contributed by atoms with van der Waals surface area (Å²) in [5.41, 5.74) is 14.4. The van der Waals surface area contributed by atoms with Crippen molar-refractivity contribution in [1.82, 2.24) is 4.90 Å². The molecule has 0 unspecified atom stereocenters. The van der Waals surface area contributed by atoms with Crippen LogP contribution >= 0.6 is 0 Å². The molecule has 0 saturated heterocycles. The van der Waals surface area contributed by atoms with Gasteiger partial charge in [-0.25, -0.2) is 0 Å². The van der Waals surface area contributed by atoms with E-state index in [1.807, 2.05) is 0 Å². The summed E-state index contributed by atoms with van der Waals surface area (Å²) < 4.78 is 0. The lowest BCUT2D eigenvalue weighted by molar-refractivity contribution is 0.418. The fourth-order valence-corrected chi connectivity index (χ4v) is 6.76. The Balaban J connectivity index is 1.43. The molecule has 39 heavy (non-hydrogen) atoms. The molecule has 1 heteroatoms. The molecule has 0 atom stereocenters. The molecule has 1 heterocycles. The number of nitrogens with zero attached hydrogens (tertiary/aromatic N) is 1. The largest absolute Gasteiger partial charge is 0.337 e. The SMILES string of the molecule is C(=C1/CCC2=C1N(Cc1ccccc1)C1=C(CC/C1=C\c1ccccc1)C2c1ccccc1)/c1ccccc1. The van der Waals surface area contributed by atoms with Gasteiger partial charge in [0.2, 0.25) is 0 Å². The molecule has 0 N–H and O–H groups in total. The second-order valence-corrected chi connectivity index (χ2v) is 10.8. The lowest BCUT2D eigenvalue weighted by Gasteiger charge is -2.38. The molecule has 1 aliphatic heterocycles. The molecule has 7 rings (SSSR count). The third-order valence-electron chi connectivity index (χ3n) is 8.38. The molecule has 3 aliphatic rings. The van der Waals surface area contributed by atoms with Crippen LogP contribution in [0.15, 0.2) is 155 Å². The molecule has 4 aromatic carbocycles. The molecular weight excluding hydrogens is 470 g/mol. The maximum Gasteiger partial charge on any atom is 0.0481 e. The Labute approximate surface area is 232 Å². The lowest BCUT2D eigenvalue weighted by atomic mass is 9.80. The minimum absolute atomic E-state index is 0.353. The Hall–Kier alpha value is -4.36. The summed E-state index contributed by atoms with van der Waals surface area (Å²) in [7, 11) is 0. The zero-order valence-electron chi connectivity index (χ0n) is 22.3. The summed E-state index contributed by atoms with van der Waals surface area (Å²) in [5, 5.41) is 0. The first-order valence-corrected chi connectivity index (χ1v) is 14.2. The zero-order chi connectivity index (χ0) is 26.0. The summed E-state index contributed by atoms with van der Waals surface area (Å²) in [6.07, 6.45) is 9.28. The molecule has 0 amide bonds. The molecule has 0 fully saturated rings. The Morgan fingerprint density at radius 1 is 0.513 bits per heavy atom. The van der Waals surface area contributed by atoms with Gasteiger partial charge in [-0.05, 0) is 82.4 Å². The van der Waals surface area contributed by atoms with Crippen LogP contribution in [0.25, 0.3) is 12.2 Å². The molecule has 0 radical (unpaired) electrons. The summed E-state index contributed by atoms with van der Waals surface area (Å²) in [6, 6.07) is 43.9. The number of hydrogen-bond acceptors (Lipinski definition) is 1. The Morgan fingerprint density at radius 2 is 0.949 bits per heavy atom. The van der Waals surface area contributed by atoms with Crippen LogP contribution in [0.3, 0.4) is 0 Å². The molecular formula is C38H33N. The van der Waals surface area contributed by atoms with E-state index in [9.17, 15) is 0 Å². The van der Waals surface area contributed by atoms with Gasteiger partial charge in [0.1, 0.15) is 0 Å². The fourth-order valence-electron chi connectivity index (χ4n) is 6.76. The second-order valence-electron chi connectivity index (χ2n) is 10.8. The molecule has 1 nitrogen and oxygen atoms in total. The summed E-state index contributed by atoms with van der Waals surface area (Å²) in [5.74, 6) is 0.353. The van der Waals surface area contributed by atoms with Gasteiger partial charge in [-0.1, -0.05) is 121 Å². The highest BCUT2D eigenvalue weighted by Gasteiger charge is 2.42. The van der Waals surface area contributed by atoms with Crippen LogP contribution in [-0.4, -0.2) is 4.90 Å². The second kappa shape index (κ2) is 10.4. The van der Waals surface area contributed by atoms with E-state index >= 15 is 0 Å². The summed E-state index contributed by atoms with van der Waals surface area (Å²) in [4.78, 5) is 2.68. The standard InChI is InChI=1S/C38H33N/c1-5-13-28(14-6-1)25-32-21-23-34-36(31-19-11-4-12-20-31)35-24-22-33(26-29-15-7-2-8-16-29)38(35)39(37(32)34)27-30-17-9-3-10-18-30/h1-20,25-26,36H,21-24,27H2/b32-25+,33-26+. The Bertz CT molecular complexity index is 1510. The van der Waals surface area contributed by atoms with Crippen molar-refractivity contribution in [3.63, 3.8) is 0 Å². The molecule has 0 saturated carbocycles. The topological polar surface area (TPSA) is 3.24 Å². The van der Waals surface area contributed by atoms with Crippen LogP contribution in [0.1, 0.15) is 53.9 Å². The van der Waals surface area contributed by atoms with Gasteiger partial charge in [0.15, 0.2) is 0 Å². The molecule has 0 spiro atoms. The van der Waals surface area contributed by atoms with Crippen LogP contribution in [0, 0.1) is 0 Å². The average Bonchev–Trinajstić information content (AvgIpc) is 3.60. The Morgan fingerprint density at radius 3 is 1.44 bits per heavy atom. The summed E-state index contributed by atoms with van der Waals surface area (Å²) in [6.45, 7) is 0.887. The van der Waals surface area contributed by atoms with Crippen LogP contribution in [0.4, 0.5) is 0 Å². The van der Waals surface area contributed by atoms with Crippen molar-refractivity contribution in [2.75, 3.05) is 0 Å². The maximum atomic E-state index is 2.68. The minimum atomic E-state index is 0.353. The number of rotatable bonds is 5. The van der Waals surface area contributed by atoms with E-state index in [-0.39, 0.29) is 0 Å². The number of benzene rings is 4. The van der Waals surface area contributed by atoms with Gasteiger partial charge in [-0.15, -0.1) is 0 Å². The summed E-state index contributed by atoms with van der Waals surface area (Å²) >= 11 is 0. The van der Waals surface area contributed by atoms with Gasteiger partial charge in [-0.3, -0.25) is 0 Å². The zero-order valence-corrected chi connectivity index (χ0v) is 22.3. The van der Waals surface area contributed by atoms with Gasteiger partial charge in [0.25, 0.3) is 0 Å². The van der Waals surface area contributed by atoms with Crippen molar-refractivity contribution >= 4 is 12.2 Å². The highest BCUT2D eigenvalue weighted by molar-refractivity contribution is 5.70. The molecule has 190 valence electrons. The Kier molecular flexibility index (Phi) is 6.34. The van der Waals surface area contributed by atoms with Crippen molar-refractivity contribution in [2.24, 2.45) is 0 Å². The number of allylic oxidation sites excluding steroid dienone is 4. The van der Waals surface area contributed by atoms with Crippen molar-refractivity contribution in [1.29, 1.82) is 0 Å². The van der Waals surface area contributed by atoms with Gasteiger partial charge >= 0.3 is 0 Å². The van der Waals surface area contributed by atoms with E-state index in [0.717, 1.165) is 32.2 Å². The van der Waals surface area contributed by atoms with E-state index < -0.39 is 0 Å². The van der Waals surface area contributed by atoms with Gasteiger partial charge in [0, 0.05) is 23.9 Å². The normalized spacial score (nSPS) is 19.2. The minimum Gasteiger partial charge on any atom is -0.337 e. The first-order chi connectivity index (χ1) is 19.3. The molecule has 0 aromatic heterocycles. The molecule has 0 bridgehead atoms. The van der Waals surface area contributed by atoms with E-state index in [1.54, 1.807) is 11.1 Å². The first-order valence-electron chi connectivity index (χ1n) is 14.2.